The minimum Gasteiger partial charge on any atom is -0.325 e. The highest BCUT2D eigenvalue weighted by molar-refractivity contribution is 7.99. The minimum absolute atomic E-state index is 0.0541. The fourth-order valence-corrected chi connectivity index (χ4v) is 2.42. The van der Waals surface area contributed by atoms with Crippen LogP contribution in [0.5, 0.6) is 0 Å². The Kier molecular flexibility index (Phi) is 3.45. The first-order valence-electron chi connectivity index (χ1n) is 6.08. The van der Waals surface area contributed by atoms with E-state index in [-0.39, 0.29) is 5.91 Å². The molecule has 1 aliphatic rings. The molecule has 1 fully saturated rings. The number of carbonyl (C=O) groups excluding carboxylic acids is 1. The average molecular weight is 275 g/mol. The quantitative estimate of drug-likeness (QED) is 0.841. The van der Waals surface area contributed by atoms with Gasteiger partial charge < -0.3 is 5.32 Å². The molecule has 1 amide bonds. The second kappa shape index (κ2) is 5.40. The van der Waals surface area contributed by atoms with E-state index in [2.05, 4.69) is 20.8 Å². The van der Waals surface area contributed by atoms with Crippen molar-refractivity contribution in [3.05, 3.63) is 30.3 Å². The van der Waals surface area contributed by atoms with Gasteiger partial charge >= 0.3 is 0 Å². The van der Waals surface area contributed by atoms with Gasteiger partial charge in [-0.1, -0.05) is 30.0 Å². The van der Waals surface area contributed by atoms with Crippen molar-refractivity contribution in [2.45, 2.75) is 24.0 Å². The predicted molar refractivity (Wildman–Crippen MR) is 71.9 cm³/mol. The Labute approximate surface area is 114 Å². The van der Waals surface area contributed by atoms with E-state index in [1.165, 1.54) is 11.8 Å². The lowest BCUT2D eigenvalue weighted by atomic mass is 10.3. The first-order valence-corrected chi connectivity index (χ1v) is 7.07. The number of tetrazole rings is 1. The Morgan fingerprint density at radius 3 is 2.89 bits per heavy atom. The summed E-state index contributed by atoms with van der Waals surface area (Å²) >= 11 is 1.36. The number of nitrogens with one attached hydrogen (secondary N) is 1. The second-order valence-corrected chi connectivity index (χ2v) is 5.28. The van der Waals surface area contributed by atoms with Crippen LogP contribution in [-0.4, -0.2) is 31.9 Å². The largest absolute Gasteiger partial charge is 0.325 e. The Balaban J connectivity index is 1.54. The molecule has 0 atom stereocenters. The van der Waals surface area contributed by atoms with Crippen molar-refractivity contribution in [3.63, 3.8) is 0 Å². The lowest BCUT2D eigenvalue weighted by Gasteiger charge is -2.04. The monoisotopic (exact) mass is 275 g/mol. The highest BCUT2D eigenvalue weighted by Crippen LogP contribution is 2.36. The van der Waals surface area contributed by atoms with Gasteiger partial charge in [0.2, 0.25) is 11.1 Å². The van der Waals surface area contributed by atoms with Gasteiger partial charge in [0.1, 0.15) is 0 Å². The molecule has 0 aliphatic heterocycles. The molecule has 6 nitrogen and oxygen atoms in total. The van der Waals surface area contributed by atoms with Crippen LogP contribution >= 0.6 is 11.8 Å². The fraction of sp³-hybridized carbons (Fsp3) is 0.333. The van der Waals surface area contributed by atoms with Crippen LogP contribution in [0.15, 0.2) is 35.5 Å². The number of benzene rings is 1. The molecular formula is C12H13N5OS. The molecule has 1 aromatic carbocycles. The molecule has 2 aromatic rings. The number of para-hydroxylation sites is 1. The van der Waals surface area contributed by atoms with Gasteiger partial charge in [0.15, 0.2) is 0 Å². The van der Waals surface area contributed by atoms with E-state index >= 15 is 0 Å². The molecule has 1 aliphatic carbocycles. The summed E-state index contributed by atoms with van der Waals surface area (Å²) in [6.07, 6.45) is 2.24. The maximum Gasteiger partial charge on any atom is 0.234 e. The topological polar surface area (TPSA) is 72.7 Å². The molecule has 1 heterocycles. The SMILES string of the molecule is O=C(CSc1nnnn1C1CC1)Nc1ccccc1. The van der Waals surface area contributed by atoms with Crippen molar-refractivity contribution < 1.29 is 4.79 Å². The number of hydrogen-bond acceptors (Lipinski definition) is 5. The van der Waals surface area contributed by atoms with Crippen LogP contribution in [0.4, 0.5) is 5.69 Å². The molecule has 0 unspecified atom stereocenters. The number of rotatable bonds is 5. The molecule has 0 spiro atoms. The first-order chi connectivity index (χ1) is 9.33. The second-order valence-electron chi connectivity index (χ2n) is 4.34. The molecule has 1 aromatic heterocycles. The molecular weight excluding hydrogens is 262 g/mol. The van der Waals surface area contributed by atoms with Crippen LogP contribution in [0.25, 0.3) is 0 Å². The fourth-order valence-electron chi connectivity index (χ4n) is 1.68. The van der Waals surface area contributed by atoms with Gasteiger partial charge in [0, 0.05) is 5.69 Å². The van der Waals surface area contributed by atoms with Gasteiger partial charge in [-0.15, -0.1) is 5.10 Å². The molecule has 1 saturated carbocycles. The van der Waals surface area contributed by atoms with Crippen LogP contribution < -0.4 is 5.32 Å². The summed E-state index contributed by atoms with van der Waals surface area (Å²) in [6.45, 7) is 0. The van der Waals surface area contributed by atoms with E-state index in [4.69, 9.17) is 0 Å². The van der Waals surface area contributed by atoms with E-state index in [0.29, 0.717) is 17.0 Å². The number of anilines is 1. The maximum absolute atomic E-state index is 11.8. The van der Waals surface area contributed by atoms with Crippen molar-refractivity contribution in [3.8, 4) is 0 Å². The van der Waals surface area contributed by atoms with Crippen LogP contribution in [-0.2, 0) is 4.79 Å². The molecule has 3 rings (SSSR count). The lowest BCUT2D eigenvalue weighted by molar-refractivity contribution is -0.113. The van der Waals surface area contributed by atoms with Gasteiger partial charge in [-0.3, -0.25) is 4.79 Å². The zero-order valence-electron chi connectivity index (χ0n) is 10.2. The van der Waals surface area contributed by atoms with Gasteiger partial charge in [-0.25, -0.2) is 4.68 Å². The average Bonchev–Trinajstić information content (AvgIpc) is 3.16. The molecule has 1 N–H and O–H groups in total. The van der Waals surface area contributed by atoms with E-state index < -0.39 is 0 Å². The molecule has 0 bridgehead atoms. The molecule has 7 heteroatoms. The number of aromatic nitrogens is 4. The van der Waals surface area contributed by atoms with Gasteiger partial charge in [0.25, 0.3) is 0 Å². The summed E-state index contributed by atoms with van der Waals surface area (Å²) in [6, 6.07) is 9.82. The van der Waals surface area contributed by atoms with Crippen LogP contribution in [0.3, 0.4) is 0 Å². The predicted octanol–water partition coefficient (Wildman–Crippen LogP) is 1.74. The Hall–Kier alpha value is -1.89. The first kappa shape index (κ1) is 12.2. The van der Waals surface area contributed by atoms with Gasteiger partial charge in [-0.2, -0.15) is 0 Å². The summed E-state index contributed by atoms with van der Waals surface area (Å²) in [5, 5.41) is 15.1. The summed E-state index contributed by atoms with van der Waals surface area (Å²) < 4.78 is 1.81. The van der Waals surface area contributed by atoms with Crippen molar-refractivity contribution in [2.75, 3.05) is 11.1 Å². The summed E-state index contributed by atoms with van der Waals surface area (Å²) in [4.78, 5) is 11.8. The van der Waals surface area contributed by atoms with Crippen molar-refractivity contribution in [1.29, 1.82) is 0 Å². The molecule has 0 saturated heterocycles. The van der Waals surface area contributed by atoms with Gasteiger partial charge in [0.05, 0.1) is 11.8 Å². The van der Waals surface area contributed by atoms with E-state index in [9.17, 15) is 4.79 Å². The van der Waals surface area contributed by atoms with Gasteiger partial charge in [-0.05, 0) is 35.4 Å². The smallest absolute Gasteiger partial charge is 0.234 e. The maximum atomic E-state index is 11.8. The third kappa shape index (κ3) is 3.11. The summed E-state index contributed by atoms with van der Waals surface area (Å²) in [5.74, 6) is 0.253. The third-order valence-electron chi connectivity index (χ3n) is 2.75. The molecule has 0 radical (unpaired) electrons. The summed E-state index contributed by atoms with van der Waals surface area (Å²) in [5.41, 5.74) is 0.801. The van der Waals surface area contributed by atoms with Crippen LogP contribution in [0.1, 0.15) is 18.9 Å². The number of hydrogen-bond donors (Lipinski definition) is 1. The normalized spacial score (nSPS) is 14.3. The Morgan fingerprint density at radius 2 is 2.16 bits per heavy atom. The zero-order valence-corrected chi connectivity index (χ0v) is 11.0. The van der Waals surface area contributed by atoms with Crippen molar-refractivity contribution in [1.82, 2.24) is 20.2 Å². The van der Waals surface area contributed by atoms with Crippen molar-refractivity contribution >= 4 is 23.4 Å². The Bertz CT molecular complexity index is 567. The lowest BCUT2D eigenvalue weighted by Crippen LogP contribution is -2.14. The van der Waals surface area contributed by atoms with E-state index in [0.717, 1.165) is 18.5 Å². The van der Waals surface area contributed by atoms with Crippen molar-refractivity contribution in [2.24, 2.45) is 0 Å². The van der Waals surface area contributed by atoms with E-state index in [1.807, 2.05) is 30.3 Å². The zero-order chi connectivity index (χ0) is 13.1. The highest BCUT2D eigenvalue weighted by atomic mass is 32.2. The van der Waals surface area contributed by atoms with E-state index in [1.54, 1.807) is 4.68 Å². The third-order valence-corrected chi connectivity index (χ3v) is 3.68. The molecule has 98 valence electrons. The standard InChI is InChI=1S/C12H13N5OS/c18-11(13-9-4-2-1-3-5-9)8-19-12-14-15-16-17(12)10-6-7-10/h1-5,10H,6-8H2,(H,13,18). The van der Waals surface area contributed by atoms with Crippen LogP contribution in [0, 0.1) is 0 Å². The van der Waals surface area contributed by atoms with Crippen LogP contribution in [0.2, 0.25) is 0 Å². The number of nitrogens with zero attached hydrogens (tertiary/aromatic N) is 4. The summed E-state index contributed by atoms with van der Waals surface area (Å²) in [7, 11) is 0. The molecule has 19 heavy (non-hydrogen) atoms. The minimum atomic E-state index is -0.0541. The highest BCUT2D eigenvalue weighted by Gasteiger charge is 2.28. The number of amides is 1. The number of carbonyl (C=O) groups is 1. The number of thioether (sulfide) groups is 1. The Morgan fingerprint density at radius 1 is 1.37 bits per heavy atom.